The van der Waals surface area contributed by atoms with Gasteiger partial charge in [-0.25, -0.2) is 0 Å². The SMILES string of the molecule is N=C(N)c1ccc(SCCO)cc1Cl. The highest BCUT2D eigenvalue weighted by atomic mass is 35.5. The summed E-state index contributed by atoms with van der Waals surface area (Å²) in [6, 6.07) is 5.30. The molecule has 0 radical (unpaired) electrons. The predicted molar refractivity (Wildman–Crippen MR) is 60.3 cm³/mol. The van der Waals surface area contributed by atoms with Crippen LogP contribution in [0.5, 0.6) is 0 Å². The fourth-order valence-electron chi connectivity index (χ4n) is 0.968. The minimum Gasteiger partial charge on any atom is -0.396 e. The van der Waals surface area contributed by atoms with Crippen molar-refractivity contribution < 1.29 is 5.11 Å². The number of nitrogens with two attached hydrogens (primary N) is 1. The second-order valence-electron chi connectivity index (χ2n) is 2.63. The first-order valence-corrected chi connectivity index (χ1v) is 5.39. The lowest BCUT2D eigenvalue weighted by atomic mass is 10.2. The number of thioether (sulfide) groups is 1. The Bertz CT molecular complexity index is 344. The Morgan fingerprint density at radius 3 is 2.79 bits per heavy atom. The molecule has 1 aromatic rings. The summed E-state index contributed by atoms with van der Waals surface area (Å²) in [5.74, 6) is 0.601. The maximum absolute atomic E-state index is 8.63. The molecule has 0 aliphatic rings. The van der Waals surface area contributed by atoms with Crippen LogP contribution in [0.15, 0.2) is 23.1 Å². The zero-order valence-electron chi connectivity index (χ0n) is 7.46. The van der Waals surface area contributed by atoms with E-state index in [0.29, 0.717) is 16.3 Å². The van der Waals surface area contributed by atoms with Gasteiger partial charge in [-0.05, 0) is 18.2 Å². The maximum atomic E-state index is 8.63. The zero-order chi connectivity index (χ0) is 10.6. The Labute approximate surface area is 91.8 Å². The van der Waals surface area contributed by atoms with Crippen molar-refractivity contribution in [2.24, 2.45) is 5.73 Å². The minimum absolute atomic E-state index is 0.0336. The third-order valence-electron chi connectivity index (χ3n) is 1.59. The van der Waals surface area contributed by atoms with Crippen molar-refractivity contribution in [3.63, 3.8) is 0 Å². The Morgan fingerprint density at radius 2 is 2.29 bits per heavy atom. The molecule has 0 saturated carbocycles. The molecule has 5 heteroatoms. The van der Waals surface area contributed by atoms with E-state index in [-0.39, 0.29) is 12.4 Å². The molecule has 0 unspecified atom stereocenters. The largest absolute Gasteiger partial charge is 0.396 e. The number of benzene rings is 1. The van der Waals surface area contributed by atoms with Gasteiger partial charge in [-0.15, -0.1) is 11.8 Å². The second kappa shape index (κ2) is 5.24. The molecular weight excluding hydrogens is 220 g/mol. The molecule has 76 valence electrons. The molecule has 0 aromatic heterocycles. The van der Waals surface area contributed by atoms with Gasteiger partial charge in [-0.1, -0.05) is 11.6 Å². The van der Waals surface area contributed by atoms with E-state index in [4.69, 9.17) is 27.9 Å². The third kappa shape index (κ3) is 2.90. The lowest BCUT2D eigenvalue weighted by Gasteiger charge is -2.04. The van der Waals surface area contributed by atoms with Crippen molar-refractivity contribution in [3.8, 4) is 0 Å². The molecule has 1 aromatic carbocycles. The van der Waals surface area contributed by atoms with Gasteiger partial charge in [-0.3, -0.25) is 5.41 Å². The van der Waals surface area contributed by atoms with E-state index in [9.17, 15) is 0 Å². The number of nitrogen functional groups attached to an aromatic ring is 1. The first kappa shape index (κ1) is 11.4. The van der Waals surface area contributed by atoms with Crippen LogP contribution in [0.25, 0.3) is 0 Å². The van der Waals surface area contributed by atoms with Gasteiger partial charge >= 0.3 is 0 Å². The first-order chi connectivity index (χ1) is 6.65. The summed E-state index contributed by atoms with van der Waals surface area (Å²) >= 11 is 7.42. The van der Waals surface area contributed by atoms with E-state index >= 15 is 0 Å². The summed E-state index contributed by atoms with van der Waals surface area (Å²) in [5.41, 5.74) is 5.86. The van der Waals surface area contributed by atoms with Crippen LogP contribution in [0.3, 0.4) is 0 Å². The third-order valence-corrected chi connectivity index (χ3v) is 2.88. The Hall–Kier alpha value is -0.710. The highest BCUT2D eigenvalue weighted by molar-refractivity contribution is 7.99. The zero-order valence-corrected chi connectivity index (χ0v) is 9.03. The molecule has 3 nitrogen and oxygen atoms in total. The molecule has 0 saturated heterocycles. The maximum Gasteiger partial charge on any atom is 0.124 e. The summed E-state index contributed by atoms with van der Waals surface area (Å²) in [4.78, 5) is 0.967. The number of rotatable bonds is 4. The average molecular weight is 231 g/mol. The smallest absolute Gasteiger partial charge is 0.124 e. The van der Waals surface area contributed by atoms with Gasteiger partial charge in [0, 0.05) is 16.2 Å². The number of hydrogen-bond acceptors (Lipinski definition) is 3. The predicted octanol–water partition coefficient (Wildman–Crippen LogP) is 1.71. The normalized spacial score (nSPS) is 10.1. The highest BCUT2D eigenvalue weighted by Gasteiger charge is 2.04. The summed E-state index contributed by atoms with van der Waals surface area (Å²) in [5, 5.41) is 16.3. The van der Waals surface area contributed by atoms with Crippen molar-refractivity contribution in [2.45, 2.75) is 4.90 Å². The molecule has 0 atom stereocenters. The summed E-state index contributed by atoms with van der Waals surface area (Å²) in [6.45, 7) is 0.136. The lowest BCUT2D eigenvalue weighted by molar-refractivity contribution is 0.322. The van der Waals surface area contributed by atoms with E-state index in [1.165, 1.54) is 11.8 Å². The molecule has 4 N–H and O–H groups in total. The molecule has 0 fully saturated rings. The van der Waals surface area contributed by atoms with Crippen molar-refractivity contribution in [2.75, 3.05) is 12.4 Å². The van der Waals surface area contributed by atoms with E-state index < -0.39 is 0 Å². The van der Waals surface area contributed by atoms with Gasteiger partial charge in [0.1, 0.15) is 5.84 Å². The number of hydrogen-bond donors (Lipinski definition) is 3. The number of amidine groups is 1. The molecule has 0 spiro atoms. The lowest BCUT2D eigenvalue weighted by Crippen LogP contribution is -2.11. The van der Waals surface area contributed by atoms with Gasteiger partial charge in [-0.2, -0.15) is 0 Å². The standard InChI is InChI=1S/C9H11ClN2OS/c10-8-5-6(14-4-3-13)1-2-7(8)9(11)12/h1-2,5,13H,3-4H2,(H3,11,12). The Kier molecular flexibility index (Phi) is 4.25. The average Bonchev–Trinajstić information content (AvgIpc) is 2.14. The van der Waals surface area contributed by atoms with Crippen molar-refractivity contribution in [3.05, 3.63) is 28.8 Å². The number of halogens is 1. The van der Waals surface area contributed by atoms with E-state index in [1.54, 1.807) is 12.1 Å². The summed E-state index contributed by atoms with van der Waals surface area (Å²) in [7, 11) is 0. The van der Waals surface area contributed by atoms with Crippen LogP contribution in [-0.2, 0) is 0 Å². The van der Waals surface area contributed by atoms with E-state index in [0.717, 1.165) is 4.90 Å². The Morgan fingerprint density at radius 1 is 1.57 bits per heavy atom. The monoisotopic (exact) mass is 230 g/mol. The first-order valence-electron chi connectivity index (χ1n) is 4.02. The number of aliphatic hydroxyl groups is 1. The molecule has 0 heterocycles. The molecule has 1 rings (SSSR count). The van der Waals surface area contributed by atoms with Crippen LogP contribution in [0, 0.1) is 5.41 Å². The van der Waals surface area contributed by atoms with Crippen LogP contribution >= 0.6 is 23.4 Å². The van der Waals surface area contributed by atoms with Gasteiger partial charge in [0.2, 0.25) is 0 Å². The van der Waals surface area contributed by atoms with Crippen molar-refractivity contribution in [1.29, 1.82) is 5.41 Å². The highest BCUT2D eigenvalue weighted by Crippen LogP contribution is 2.24. The molecular formula is C9H11ClN2OS. The van der Waals surface area contributed by atoms with Crippen LogP contribution in [0.4, 0.5) is 0 Å². The van der Waals surface area contributed by atoms with Crippen LogP contribution in [0.2, 0.25) is 5.02 Å². The minimum atomic E-state index is -0.0336. The van der Waals surface area contributed by atoms with E-state index in [1.807, 2.05) is 6.07 Å². The molecule has 0 amide bonds. The van der Waals surface area contributed by atoms with Crippen LogP contribution in [0.1, 0.15) is 5.56 Å². The second-order valence-corrected chi connectivity index (χ2v) is 4.20. The molecule has 0 aliphatic carbocycles. The molecule has 0 aliphatic heterocycles. The Balaban J connectivity index is 2.83. The number of aliphatic hydroxyl groups excluding tert-OH is 1. The van der Waals surface area contributed by atoms with Gasteiger partial charge < -0.3 is 10.8 Å². The topological polar surface area (TPSA) is 70.1 Å². The number of nitrogens with one attached hydrogen (secondary N) is 1. The van der Waals surface area contributed by atoms with Crippen LogP contribution in [-0.4, -0.2) is 23.3 Å². The van der Waals surface area contributed by atoms with Crippen LogP contribution < -0.4 is 5.73 Å². The molecule has 0 bridgehead atoms. The van der Waals surface area contributed by atoms with Gasteiger partial charge in [0.15, 0.2) is 0 Å². The van der Waals surface area contributed by atoms with Crippen molar-refractivity contribution >= 4 is 29.2 Å². The van der Waals surface area contributed by atoms with Gasteiger partial charge in [0.25, 0.3) is 0 Å². The summed E-state index contributed by atoms with van der Waals surface area (Å²) in [6.07, 6.45) is 0. The molecule has 14 heavy (non-hydrogen) atoms. The fourth-order valence-corrected chi connectivity index (χ4v) is 2.01. The summed E-state index contributed by atoms with van der Waals surface area (Å²) < 4.78 is 0. The van der Waals surface area contributed by atoms with Gasteiger partial charge in [0.05, 0.1) is 11.6 Å². The van der Waals surface area contributed by atoms with E-state index in [2.05, 4.69) is 0 Å². The fraction of sp³-hybridized carbons (Fsp3) is 0.222. The quantitative estimate of drug-likeness (QED) is 0.419. The van der Waals surface area contributed by atoms with Crippen molar-refractivity contribution in [1.82, 2.24) is 0 Å².